The lowest BCUT2D eigenvalue weighted by molar-refractivity contribution is 0.103. The molecule has 2 heterocycles. The molecule has 1 aromatic heterocycles. The summed E-state index contributed by atoms with van der Waals surface area (Å²) in [6, 6.07) is 18.9. The number of aryl methyl sites for hydroxylation is 1. The number of methoxy groups -OCH3 is 2. The van der Waals surface area contributed by atoms with Crippen LogP contribution in [0.25, 0.3) is 10.9 Å². The minimum absolute atomic E-state index is 0.0743. The molecule has 0 unspecified atom stereocenters. The molecule has 1 fully saturated rings. The second-order valence-electron chi connectivity index (χ2n) is 10.4. The Morgan fingerprint density at radius 3 is 2.34 bits per heavy atom. The van der Waals surface area contributed by atoms with Crippen molar-refractivity contribution in [1.29, 1.82) is 0 Å². The number of fused-ring (bicyclic) bond motifs is 1. The number of hydrogen-bond donors (Lipinski definition) is 0. The van der Waals surface area contributed by atoms with Crippen molar-refractivity contribution in [3.05, 3.63) is 89.1 Å². The van der Waals surface area contributed by atoms with Crippen molar-refractivity contribution >= 4 is 16.7 Å². The fourth-order valence-corrected chi connectivity index (χ4v) is 5.30. The fraction of sp³-hybridized carbons (Fsp3) is 0.353. The number of carbonyl (C=O) groups is 1. The van der Waals surface area contributed by atoms with Gasteiger partial charge in [0.15, 0.2) is 17.3 Å². The maximum absolute atomic E-state index is 13.5. The van der Waals surface area contributed by atoms with E-state index in [9.17, 15) is 4.79 Å². The predicted molar refractivity (Wildman–Crippen MR) is 161 cm³/mol. The maximum atomic E-state index is 13.5. The zero-order valence-corrected chi connectivity index (χ0v) is 24.2. The monoisotopic (exact) mass is 554 g/mol. The van der Waals surface area contributed by atoms with Gasteiger partial charge in [0.05, 0.1) is 31.9 Å². The quantitative estimate of drug-likeness (QED) is 0.191. The van der Waals surface area contributed by atoms with E-state index >= 15 is 0 Å². The molecule has 4 aromatic rings. The van der Waals surface area contributed by atoms with Crippen LogP contribution in [0.3, 0.4) is 0 Å². The Labute approximate surface area is 242 Å². The molecule has 7 heteroatoms. The number of nitrogens with zero attached hydrogens (tertiary/aromatic N) is 2. The van der Waals surface area contributed by atoms with E-state index < -0.39 is 0 Å². The average molecular weight is 555 g/mol. The van der Waals surface area contributed by atoms with Crippen LogP contribution >= 0.6 is 0 Å². The van der Waals surface area contributed by atoms with Gasteiger partial charge in [-0.25, -0.2) is 0 Å². The van der Waals surface area contributed by atoms with Gasteiger partial charge in [0.2, 0.25) is 0 Å². The Balaban J connectivity index is 1.24. The van der Waals surface area contributed by atoms with Crippen LogP contribution in [0.4, 0.5) is 0 Å². The number of hydrogen-bond acceptors (Lipinski definition) is 7. The summed E-state index contributed by atoms with van der Waals surface area (Å²) >= 11 is 0. The lowest BCUT2D eigenvalue weighted by Crippen LogP contribution is -2.33. The van der Waals surface area contributed by atoms with Gasteiger partial charge in [-0.2, -0.15) is 0 Å². The van der Waals surface area contributed by atoms with Crippen LogP contribution < -0.4 is 18.9 Å². The predicted octanol–water partition coefficient (Wildman–Crippen LogP) is 6.28. The number of rotatable bonds is 12. The standard InChI is InChI=1S/C34H38N2O5/c1-24-7-12-31(41-19-14-25-13-15-35-30-23-33(39-3)32(38-2)22-28(25)30)29(21-24)34(37)26-8-10-27(11-9-26)40-20-18-36-16-5-4-6-17-36/h7-13,15,21-23H,4-6,14,16-20H2,1-3H3. The molecule has 1 aliphatic rings. The molecule has 0 radical (unpaired) electrons. The SMILES string of the molecule is COc1cc2nccc(CCOc3ccc(C)cc3C(=O)c3ccc(OCCN4CCCCC4)cc3)c2cc1OC. The number of carbonyl (C=O) groups excluding carboxylic acids is 1. The first-order valence-corrected chi connectivity index (χ1v) is 14.3. The van der Waals surface area contributed by atoms with Crippen molar-refractivity contribution in [2.24, 2.45) is 0 Å². The molecule has 0 atom stereocenters. The normalized spacial score (nSPS) is 13.6. The number of ether oxygens (including phenoxy) is 4. The zero-order valence-electron chi connectivity index (χ0n) is 24.2. The molecule has 41 heavy (non-hydrogen) atoms. The van der Waals surface area contributed by atoms with Gasteiger partial charge < -0.3 is 18.9 Å². The third-order valence-corrected chi connectivity index (χ3v) is 7.59. The van der Waals surface area contributed by atoms with Crippen molar-refractivity contribution in [2.45, 2.75) is 32.6 Å². The highest BCUT2D eigenvalue weighted by Gasteiger charge is 2.17. The van der Waals surface area contributed by atoms with E-state index in [1.807, 2.05) is 67.6 Å². The molecule has 1 saturated heterocycles. The lowest BCUT2D eigenvalue weighted by Gasteiger charge is -2.26. The first kappa shape index (κ1) is 28.4. The first-order valence-electron chi connectivity index (χ1n) is 14.3. The molecule has 3 aromatic carbocycles. The third kappa shape index (κ3) is 6.98. The summed E-state index contributed by atoms with van der Waals surface area (Å²) in [5.74, 6) is 2.56. The van der Waals surface area contributed by atoms with E-state index in [-0.39, 0.29) is 5.78 Å². The van der Waals surface area contributed by atoms with Gasteiger partial charge >= 0.3 is 0 Å². The highest BCUT2D eigenvalue weighted by molar-refractivity contribution is 6.10. The van der Waals surface area contributed by atoms with Crippen molar-refractivity contribution < 1.29 is 23.7 Å². The minimum atomic E-state index is -0.0743. The number of likely N-dealkylation sites (tertiary alicyclic amines) is 1. The van der Waals surface area contributed by atoms with E-state index in [4.69, 9.17) is 18.9 Å². The fourth-order valence-electron chi connectivity index (χ4n) is 5.30. The summed E-state index contributed by atoms with van der Waals surface area (Å²) in [7, 11) is 3.23. The number of aromatic nitrogens is 1. The molecular weight excluding hydrogens is 516 g/mol. The molecule has 0 N–H and O–H groups in total. The van der Waals surface area contributed by atoms with Gasteiger partial charge in [-0.15, -0.1) is 0 Å². The number of pyridine rings is 1. The second-order valence-corrected chi connectivity index (χ2v) is 10.4. The van der Waals surface area contributed by atoms with Crippen molar-refractivity contribution in [2.75, 3.05) is 47.1 Å². The molecule has 0 saturated carbocycles. The largest absolute Gasteiger partial charge is 0.493 e. The third-order valence-electron chi connectivity index (χ3n) is 7.59. The Morgan fingerprint density at radius 1 is 0.829 bits per heavy atom. The molecule has 214 valence electrons. The summed E-state index contributed by atoms with van der Waals surface area (Å²) in [6.07, 6.45) is 6.29. The van der Waals surface area contributed by atoms with Gasteiger partial charge in [-0.3, -0.25) is 14.7 Å². The molecule has 0 spiro atoms. The van der Waals surface area contributed by atoms with Crippen LogP contribution in [-0.2, 0) is 6.42 Å². The topological polar surface area (TPSA) is 70.1 Å². The van der Waals surface area contributed by atoms with E-state index in [1.54, 1.807) is 20.4 Å². The van der Waals surface area contributed by atoms with E-state index in [0.29, 0.717) is 48.0 Å². The summed E-state index contributed by atoms with van der Waals surface area (Å²) in [6.45, 7) is 6.27. The minimum Gasteiger partial charge on any atom is -0.493 e. The van der Waals surface area contributed by atoms with Crippen LogP contribution in [0.5, 0.6) is 23.0 Å². The molecule has 7 nitrogen and oxygen atoms in total. The van der Waals surface area contributed by atoms with E-state index in [1.165, 1.54) is 19.3 Å². The van der Waals surface area contributed by atoms with Gasteiger partial charge in [-0.05, 0) is 86.9 Å². The van der Waals surface area contributed by atoms with Crippen molar-refractivity contribution in [3.8, 4) is 23.0 Å². The summed E-state index contributed by atoms with van der Waals surface area (Å²) in [4.78, 5) is 20.5. The maximum Gasteiger partial charge on any atom is 0.196 e. The summed E-state index contributed by atoms with van der Waals surface area (Å²) in [5, 5.41) is 0.979. The molecule has 0 aliphatic carbocycles. The first-order chi connectivity index (χ1) is 20.1. The average Bonchev–Trinajstić information content (AvgIpc) is 3.01. The highest BCUT2D eigenvalue weighted by Crippen LogP contribution is 2.33. The molecule has 1 aliphatic heterocycles. The Hall–Kier alpha value is -4.10. The highest BCUT2D eigenvalue weighted by atomic mass is 16.5. The van der Waals surface area contributed by atoms with Crippen molar-refractivity contribution in [3.63, 3.8) is 0 Å². The van der Waals surface area contributed by atoms with Gasteiger partial charge in [0, 0.05) is 36.2 Å². The lowest BCUT2D eigenvalue weighted by atomic mass is 10.0. The van der Waals surface area contributed by atoms with Crippen molar-refractivity contribution in [1.82, 2.24) is 9.88 Å². The number of ketones is 1. The van der Waals surface area contributed by atoms with E-state index in [2.05, 4.69) is 9.88 Å². The van der Waals surface area contributed by atoms with Gasteiger partial charge in [0.25, 0.3) is 0 Å². The van der Waals surface area contributed by atoms with Crippen LogP contribution in [0.15, 0.2) is 66.9 Å². The van der Waals surface area contributed by atoms with Crippen LogP contribution in [0, 0.1) is 6.92 Å². The molecular formula is C34H38N2O5. The van der Waals surface area contributed by atoms with Crippen LogP contribution in [-0.4, -0.2) is 62.7 Å². The van der Waals surface area contributed by atoms with Gasteiger partial charge in [-0.1, -0.05) is 18.1 Å². The molecule has 5 rings (SSSR count). The Kier molecular flexibility index (Phi) is 9.36. The zero-order chi connectivity index (χ0) is 28.6. The second kappa shape index (κ2) is 13.5. The van der Waals surface area contributed by atoms with Gasteiger partial charge in [0.1, 0.15) is 18.1 Å². The van der Waals surface area contributed by atoms with E-state index in [0.717, 1.165) is 47.4 Å². The smallest absolute Gasteiger partial charge is 0.196 e. The molecule has 0 bridgehead atoms. The van der Waals surface area contributed by atoms with Crippen LogP contribution in [0.1, 0.15) is 46.3 Å². The number of benzene rings is 3. The van der Waals surface area contributed by atoms with Crippen LogP contribution in [0.2, 0.25) is 0 Å². The summed E-state index contributed by atoms with van der Waals surface area (Å²) < 4.78 is 23.1. The molecule has 0 amide bonds. The Bertz CT molecular complexity index is 1480. The Morgan fingerprint density at radius 2 is 1.59 bits per heavy atom. The summed E-state index contributed by atoms with van der Waals surface area (Å²) in [5.41, 5.74) is 4.05. The number of piperidine rings is 1.